The fourth-order valence-electron chi connectivity index (χ4n) is 1.13. The van der Waals surface area contributed by atoms with Crippen LogP contribution >= 0.6 is 0 Å². The van der Waals surface area contributed by atoms with Crippen molar-refractivity contribution in [2.45, 2.75) is 19.4 Å². The summed E-state index contributed by atoms with van der Waals surface area (Å²) in [4.78, 5) is 11.2. The zero-order valence-corrected chi connectivity index (χ0v) is 9.60. The second kappa shape index (κ2) is 6.12. The van der Waals surface area contributed by atoms with Crippen molar-refractivity contribution in [3.05, 3.63) is 29.8 Å². The number of carbonyl (C=O) groups is 1. The van der Waals surface area contributed by atoms with Crippen molar-refractivity contribution in [1.29, 1.82) is 0 Å². The van der Waals surface area contributed by atoms with Crippen LogP contribution in [-0.2, 0) is 4.74 Å². The molecule has 1 aromatic carbocycles. The molecule has 16 heavy (non-hydrogen) atoms. The number of methoxy groups -OCH3 is 1. The number of benzene rings is 1. The summed E-state index contributed by atoms with van der Waals surface area (Å²) in [6, 6.07) is 6.83. The maximum Gasteiger partial charge on any atom is 0.337 e. The summed E-state index contributed by atoms with van der Waals surface area (Å²) in [5.74, 6) is 0.355. The number of hydrogen-bond donors (Lipinski definition) is 1. The van der Waals surface area contributed by atoms with E-state index in [1.54, 1.807) is 24.3 Å². The van der Waals surface area contributed by atoms with Crippen molar-refractivity contribution in [1.82, 2.24) is 0 Å². The molecule has 0 aliphatic rings. The van der Waals surface area contributed by atoms with Gasteiger partial charge in [-0.15, -0.1) is 0 Å². The van der Waals surface area contributed by atoms with Crippen molar-refractivity contribution < 1.29 is 14.3 Å². The van der Waals surface area contributed by atoms with Crippen molar-refractivity contribution >= 4 is 5.97 Å². The van der Waals surface area contributed by atoms with Gasteiger partial charge in [-0.05, 0) is 30.7 Å². The zero-order chi connectivity index (χ0) is 12.0. The predicted octanol–water partition coefficient (Wildman–Crippen LogP) is 1.59. The summed E-state index contributed by atoms with van der Waals surface area (Å²) >= 11 is 0. The lowest BCUT2D eigenvalue weighted by molar-refractivity contribution is 0.0600. The average Bonchev–Trinajstić information content (AvgIpc) is 2.35. The molecule has 0 fully saturated rings. The van der Waals surface area contributed by atoms with Gasteiger partial charge in [0.15, 0.2) is 0 Å². The number of carbonyl (C=O) groups excluding carboxylic acids is 1. The van der Waals surface area contributed by atoms with Crippen molar-refractivity contribution in [3.8, 4) is 5.75 Å². The summed E-state index contributed by atoms with van der Waals surface area (Å²) < 4.78 is 10.0. The van der Waals surface area contributed by atoms with E-state index in [0.29, 0.717) is 17.9 Å². The molecular weight excluding hydrogens is 206 g/mol. The lowest BCUT2D eigenvalue weighted by Gasteiger charge is -2.11. The highest BCUT2D eigenvalue weighted by Gasteiger charge is 2.05. The quantitative estimate of drug-likeness (QED) is 0.770. The van der Waals surface area contributed by atoms with Gasteiger partial charge in [-0.1, -0.05) is 6.92 Å². The van der Waals surface area contributed by atoms with E-state index < -0.39 is 0 Å². The van der Waals surface area contributed by atoms with Crippen LogP contribution in [0.4, 0.5) is 0 Å². The molecule has 0 spiro atoms. The maximum absolute atomic E-state index is 11.2. The van der Waals surface area contributed by atoms with E-state index in [0.717, 1.165) is 6.42 Å². The second-order valence-electron chi connectivity index (χ2n) is 3.50. The molecule has 1 unspecified atom stereocenters. The first-order valence-corrected chi connectivity index (χ1v) is 5.24. The van der Waals surface area contributed by atoms with Crippen LogP contribution in [0.25, 0.3) is 0 Å². The molecule has 0 bridgehead atoms. The Morgan fingerprint density at radius 1 is 1.38 bits per heavy atom. The molecule has 1 aromatic rings. The third-order valence-corrected chi connectivity index (χ3v) is 2.26. The van der Waals surface area contributed by atoms with Gasteiger partial charge in [-0.3, -0.25) is 0 Å². The van der Waals surface area contributed by atoms with Gasteiger partial charge in [0, 0.05) is 6.04 Å². The van der Waals surface area contributed by atoms with Crippen LogP contribution in [0, 0.1) is 0 Å². The summed E-state index contributed by atoms with van der Waals surface area (Å²) in [6.45, 7) is 2.49. The monoisotopic (exact) mass is 223 g/mol. The van der Waals surface area contributed by atoms with E-state index in [1.165, 1.54) is 7.11 Å². The van der Waals surface area contributed by atoms with Crippen LogP contribution < -0.4 is 10.5 Å². The second-order valence-corrected chi connectivity index (χ2v) is 3.50. The Bertz CT molecular complexity index is 335. The first-order chi connectivity index (χ1) is 7.67. The number of esters is 1. The number of rotatable bonds is 5. The third kappa shape index (κ3) is 3.55. The third-order valence-electron chi connectivity index (χ3n) is 2.26. The molecule has 0 aliphatic carbocycles. The molecular formula is C12H17NO3. The SMILES string of the molecule is CCC(N)COc1ccc(C(=O)OC)cc1. The Labute approximate surface area is 95.3 Å². The van der Waals surface area contributed by atoms with Crippen LogP contribution in [0.3, 0.4) is 0 Å². The minimum atomic E-state index is -0.350. The number of ether oxygens (including phenoxy) is 2. The van der Waals surface area contributed by atoms with E-state index in [4.69, 9.17) is 10.5 Å². The fraction of sp³-hybridized carbons (Fsp3) is 0.417. The van der Waals surface area contributed by atoms with E-state index in [-0.39, 0.29) is 12.0 Å². The van der Waals surface area contributed by atoms with Crippen molar-refractivity contribution in [3.63, 3.8) is 0 Å². The van der Waals surface area contributed by atoms with E-state index in [2.05, 4.69) is 4.74 Å². The fourth-order valence-corrected chi connectivity index (χ4v) is 1.13. The molecule has 88 valence electrons. The number of hydrogen-bond acceptors (Lipinski definition) is 4. The largest absolute Gasteiger partial charge is 0.492 e. The highest BCUT2D eigenvalue weighted by atomic mass is 16.5. The summed E-state index contributed by atoms with van der Waals surface area (Å²) in [5, 5.41) is 0. The zero-order valence-electron chi connectivity index (χ0n) is 9.60. The van der Waals surface area contributed by atoms with Crippen molar-refractivity contribution in [2.75, 3.05) is 13.7 Å². The predicted molar refractivity (Wildman–Crippen MR) is 61.5 cm³/mol. The van der Waals surface area contributed by atoms with Gasteiger partial charge >= 0.3 is 5.97 Å². The van der Waals surface area contributed by atoms with Gasteiger partial charge in [0.2, 0.25) is 0 Å². The summed E-state index contributed by atoms with van der Waals surface area (Å²) in [7, 11) is 1.35. The Kier molecular flexibility index (Phi) is 4.79. The first-order valence-electron chi connectivity index (χ1n) is 5.24. The Balaban J connectivity index is 2.54. The molecule has 0 aromatic heterocycles. The molecule has 2 N–H and O–H groups in total. The maximum atomic E-state index is 11.2. The molecule has 0 heterocycles. The van der Waals surface area contributed by atoms with E-state index in [1.807, 2.05) is 6.92 Å². The highest BCUT2D eigenvalue weighted by Crippen LogP contribution is 2.13. The van der Waals surface area contributed by atoms with Gasteiger partial charge in [-0.2, -0.15) is 0 Å². The molecule has 1 atom stereocenters. The molecule has 0 aliphatic heterocycles. The Morgan fingerprint density at radius 3 is 2.50 bits per heavy atom. The smallest absolute Gasteiger partial charge is 0.337 e. The van der Waals surface area contributed by atoms with Crippen LogP contribution in [0.2, 0.25) is 0 Å². The van der Waals surface area contributed by atoms with Crippen LogP contribution in [0.15, 0.2) is 24.3 Å². The molecule has 4 heteroatoms. The lowest BCUT2D eigenvalue weighted by Crippen LogP contribution is -2.26. The molecule has 1 rings (SSSR count). The topological polar surface area (TPSA) is 61.5 Å². The van der Waals surface area contributed by atoms with Gasteiger partial charge in [0.05, 0.1) is 12.7 Å². The lowest BCUT2D eigenvalue weighted by atomic mass is 10.2. The molecule has 0 saturated heterocycles. The normalized spacial score (nSPS) is 11.9. The minimum absolute atomic E-state index is 0.0419. The van der Waals surface area contributed by atoms with Gasteiger partial charge in [0.25, 0.3) is 0 Å². The minimum Gasteiger partial charge on any atom is -0.492 e. The van der Waals surface area contributed by atoms with Crippen LogP contribution in [0.1, 0.15) is 23.7 Å². The van der Waals surface area contributed by atoms with E-state index in [9.17, 15) is 4.79 Å². The number of nitrogens with two attached hydrogens (primary N) is 1. The summed E-state index contributed by atoms with van der Waals surface area (Å²) in [5.41, 5.74) is 6.23. The molecule has 0 radical (unpaired) electrons. The van der Waals surface area contributed by atoms with E-state index >= 15 is 0 Å². The van der Waals surface area contributed by atoms with Crippen molar-refractivity contribution in [2.24, 2.45) is 5.73 Å². The standard InChI is InChI=1S/C12H17NO3/c1-3-10(13)8-16-11-6-4-9(5-7-11)12(14)15-2/h4-7,10H,3,8,13H2,1-2H3. The molecule has 4 nitrogen and oxygen atoms in total. The van der Waals surface area contributed by atoms with Gasteiger partial charge in [-0.25, -0.2) is 4.79 Å². The first kappa shape index (κ1) is 12.5. The molecule has 0 saturated carbocycles. The van der Waals surface area contributed by atoms with Crippen LogP contribution in [-0.4, -0.2) is 25.7 Å². The van der Waals surface area contributed by atoms with Crippen LogP contribution in [0.5, 0.6) is 5.75 Å². The Morgan fingerprint density at radius 2 is 2.00 bits per heavy atom. The molecule has 0 amide bonds. The summed E-state index contributed by atoms with van der Waals surface area (Å²) in [6.07, 6.45) is 0.875. The van der Waals surface area contributed by atoms with Gasteiger partial charge in [0.1, 0.15) is 12.4 Å². The Hall–Kier alpha value is -1.55. The van der Waals surface area contributed by atoms with Gasteiger partial charge < -0.3 is 15.2 Å². The average molecular weight is 223 g/mol. The highest BCUT2D eigenvalue weighted by molar-refractivity contribution is 5.89.